The second kappa shape index (κ2) is 7.13. The zero-order valence-corrected chi connectivity index (χ0v) is 13.5. The Morgan fingerprint density at radius 2 is 2.00 bits per heavy atom. The van der Waals surface area contributed by atoms with Gasteiger partial charge in [-0.05, 0) is 19.4 Å². The molecule has 0 saturated heterocycles. The molecule has 0 saturated carbocycles. The molecule has 0 aliphatic heterocycles. The zero-order valence-electron chi connectivity index (χ0n) is 13.5. The van der Waals surface area contributed by atoms with Crippen LogP contribution in [0.5, 0.6) is 11.5 Å². The summed E-state index contributed by atoms with van der Waals surface area (Å²) >= 11 is 0. The van der Waals surface area contributed by atoms with Crippen molar-refractivity contribution in [1.82, 2.24) is 4.57 Å². The Labute approximate surface area is 133 Å². The molecule has 0 aliphatic rings. The first-order valence-corrected chi connectivity index (χ1v) is 7.56. The van der Waals surface area contributed by atoms with Gasteiger partial charge in [-0.1, -0.05) is 13.3 Å². The lowest BCUT2D eigenvalue weighted by atomic mass is 10.1. The molecule has 1 aromatic heterocycles. The van der Waals surface area contributed by atoms with Crippen LogP contribution in [0.2, 0.25) is 0 Å². The molecular weight excluding hydrogens is 300 g/mol. The minimum atomic E-state index is -0.484. The molecule has 124 valence electrons. The van der Waals surface area contributed by atoms with E-state index >= 15 is 0 Å². The number of nitro benzene ring substituents is 1. The van der Waals surface area contributed by atoms with Crippen molar-refractivity contribution in [2.45, 2.75) is 33.2 Å². The van der Waals surface area contributed by atoms with Crippen LogP contribution < -0.4 is 15.0 Å². The summed E-state index contributed by atoms with van der Waals surface area (Å²) in [5, 5.41) is 11.6. The Bertz CT molecular complexity index is 782. The number of fused-ring (bicyclic) bond motifs is 1. The number of methoxy groups -OCH3 is 1. The number of nitro groups is 1. The molecule has 0 radical (unpaired) electrons. The van der Waals surface area contributed by atoms with Gasteiger partial charge in [-0.25, -0.2) is 0 Å². The Balaban J connectivity index is 2.73. The Kier molecular flexibility index (Phi) is 5.20. The molecule has 0 fully saturated rings. The van der Waals surface area contributed by atoms with E-state index in [1.54, 1.807) is 6.07 Å². The van der Waals surface area contributed by atoms with Gasteiger partial charge in [0.2, 0.25) is 5.75 Å². The van der Waals surface area contributed by atoms with Crippen LogP contribution in [0.3, 0.4) is 0 Å². The van der Waals surface area contributed by atoms with Crippen LogP contribution in [0.25, 0.3) is 10.9 Å². The molecule has 7 nitrogen and oxygen atoms in total. The maximum absolute atomic E-state index is 12.7. The van der Waals surface area contributed by atoms with Crippen molar-refractivity contribution in [2.75, 3.05) is 13.7 Å². The van der Waals surface area contributed by atoms with Gasteiger partial charge in [0.25, 0.3) is 11.2 Å². The molecule has 1 heterocycles. The van der Waals surface area contributed by atoms with Crippen LogP contribution >= 0.6 is 0 Å². The molecular formula is C16H20N2O5. The van der Waals surface area contributed by atoms with E-state index in [1.165, 1.54) is 23.8 Å². The third kappa shape index (κ3) is 3.13. The minimum Gasteiger partial charge on any atom is -0.492 e. The number of hydrogen-bond acceptors (Lipinski definition) is 5. The Morgan fingerprint density at radius 3 is 2.57 bits per heavy atom. The topological polar surface area (TPSA) is 83.6 Å². The second-order valence-corrected chi connectivity index (χ2v) is 5.07. The first-order valence-electron chi connectivity index (χ1n) is 7.56. The molecule has 0 bridgehead atoms. The lowest BCUT2D eigenvalue weighted by Crippen LogP contribution is -2.23. The Morgan fingerprint density at radius 1 is 1.26 bits per heavy atom. The number of ether oxygens (including phenoxy) is 2. The standard InChI is InChI=1S/C16H20N2O5/c1-4-6-9-23-15-14(22-3)12-8-7-11(18(20)21)10-13(12)17(5-2)16(15)19/h7-8,10H,4-6,9H2,1-3H3. The van der Waals surface area contributed by atoms with Gasteiger partial charge in [0.15, 0.2) is 5.75 Å². The molecule has 2 aromatic rings. The van der Waals surface area contributed by atoms with E-state index in [4.69, 9.17) is 9.47 Å². The van der Waals surface area contributed by atoms with E-state index in [-0.39, 0.29) is 17.0 Å². The predicted molar refractivity (Wildman–Crippen MR) is 87.5 cm³/mol. The third-order valence-corrected chi connectivity index (χ3v) is 3.64. The number of aromatic nitrogens is 1. The van der Waals surface area contributed by atoms with E-state index < -0.39 is 4.92 Å². The SMILES string of the molecule is CCCCOc1c(OC)c2ccc([N+](=O)[O-])cc2n(CC)c1=O. The highest BCUT2D eigenvalue weighted by Gasteiger charge is 2.20. The smallest absolute Gasteiger partial charge is 0.297 e. The van der Waals surface area contributed by atoms with E-state index in [2.05, 4.69) is 0 Å². The van der Waals surface area contributed by atoms with Gasteiger partial charge in [0.1, 0.15) is 0 Å². The van der Waals surface area contributed by atoms with Crippen molar-refractivity contribution in [1.29, 1.82) is 0 Å². The van der Waals surface area contributed by atoms with Crippen LogP contribution in [0, 0.1) is 10.1 Å². The molecule has 2 rings (SSSR count). The fraction of sp³-hybridized carbons (Fsp3) is 0.438. The van der Waals surface area contributed by atoms with E-state index in [0.717, 1.165) is 12.8 Å². The molecule has 0 spiro atoms. The highest BCUT2D eigenvalue weighted by atomic mass is 16.6. The number of unbranched alkanes of at least 4 members (excludes halogenated alkanes) is 1. The summed E-state index contributed by atoms with van der Waals surface area (Å²) in [6.07, 6.45) is 1.77. The van der Waals surface area contributed by atoms with Gasteiger partial charge >= 0.3 is 0 Å². The first-order chi connectivity index (χ1) is 11.0. The van der Waals surface area contributed by atoms with Gasteiger partial charge in [-0.2, -0.15) is 0 Å². The largest absolute Gasteiger partial charge is 0.492 e. The fourth-order valence-corrected chi connectivity index (χ4v) is 2.46. The summed E-state index contributed by atoms with van der Waals surface area (Å²) < 4.78 is 12.5. The molecule has 0 unspecified atom stereocenters. The lowest BCUT2D eigenvalue weighted by molar-refractivity contribution is -0.384. The van der Waals surface area contributed by atoms with Crippen LogP contribution in [0.15, 0.2) is 23.0 Å². The maximum Gasteiger partial charge on any atom is 0.297 e. The summed E-state index contributed by atoms with van der Waals surface area (Å²) in [5.41, 5.74) is 0.0562. The van der Waals surface area contributed by atoms with Crippen molar-refractivity contribution < 1.29 is 14.4 Å². The van der Waals surface area contributed by atoms with Gasteiger partial charge in [0.05, 0.1) is 24.2 Å². The van der Waals surface area contributed by atoms with Crippen molar-refractivity contribution in [3.05, 3.63) is 38.7 Å². The molecule has 0 atom stereocenters. The average molecular weight is 320 g/mol. The highest BCUT2D eigenvalue weighted by Crippen LogP contribution is 2.34. The summed E-state index contributed by atoms with van der Waals surface area (Å²) in [6, 6.07) is 4.37. The van der Waals surface area contributed by atoms with Gasteiger partial charge in [-0.3, -0.25) is 14.9 Å². The number of aryl methyl sites for hydroxylation is 1. The average Bonchev–Trinajstić information content (AvgIpc) is 2.55. The van der Waals surface area contributed by atoms with E-state index in [9.17, 15) is 14.9 Å². The monoisotopic (exact) mass is 320 g/mol. The number of benzene rings is 1. The number of rotatable bonds is 7. The lowest BCUT2D eigenvalue weighted by Gasteiger charge is -2.16. The van der Waals surface area contributed by atoms with E-state index in [1.807, 2.05) is 13.8 Å². The molecule has 0 aliphatic carbocycles. The van der Waals surface area contributed by atoms with Crippen molar-refractivity contribution in [2.24, 2.45) is 0 Å². The minimum absolute atomic E-state index is 0.0687. The zero-order chi connectivity index (χ0) is 17.0. The highest BCUT2D eigenvalue weighted by molar-refractivity contribution is 5.89. The first kappa shape index (κ1) is 16.8. The third-order valence-electron chi connectivity index (χ3n) is 3.64. The Hall–Kier alpha value is -2.57. The van der Waals surface area contributed by atoms with Gasteiger partial charge < -0.3 is 14.0 Å². The van der Waals surface area contributed by atoms with Crippen LogP contribution in [-0.2, 0) is 6.54 Å². The molecule has 0 N–H and O–H groups in total. The predicted octanol–water partition coefficient (Wildman–Crippen LogP) is 3.12. The van der Waals surface area contributed by atoms with Gasteiger partial charge in [0, 0.05) is 24.1 Å². The van der Waals surface area contributed by atoms with Crippen molar-refractivity contribution in [3.8, 4) is 11.5 Å². The van der Waals surface area contributed by atoms with Gasteiger partial charge in [-0.15, -0.1) is 0 Å². The van der Waals surface area contributed by atoms with Crippen LogP contribution in [-0.4, -0.2) is 23.2 Å². The summed E-state index contributed by atoms with van der Waals surface area (Å²) in [4.78, 5) is 23.2. The summed E-state index contributed by atoms with van der Waals surface area (Å²) in [7, 11) is 1.46. The summed E-state index contributed by atoms with van der Waals surface area (Å²) in [5.74, 6) is 0.477. The molecule has 23 heavy (non-hydrogen) atoms. The normalized spacial score (nSPS) is 10.7. The molecule has 1 aromatic carbocycles. The van der Waals surface area contributed by atoms with Crippen LogP contribution in [0.1, 0.15) is 26.7 Å². The second-order valence-electron chi connectivity index (χ2n) is 5.07. The quantitative estimate of drug-likeness (QED) is 0.444. The summed E-state index contributed by atoms with van der Waals surface area (Å²) in [6.45, 7) is 4.64. The molecule has 0 amide bonds. The van der Waals surface area contributed by atoms with Crippen LogP contribution in [0.4, 0.5) is 5.69 Å². The van der Waals surface area contributed by atoms with Crippen molar-refractivity contribution >= 4 is 16.6 Å². The van der Waals surface area contributed by atoms with Crippen molar-refractivity contribution in [3.63, 3.8) is 0 Å². The van der Waals surface area contributed by atoms with E-state index in [0.29, 0.717) is 29.8 Å². The maximum atomic E-state index is 12.7. The number of nitrogens with zero attached hydrogens (tertiary/aromatic N) is 2. The number of hydrogen-bond donors (Lipinski definition) is 0. The molecule has 7 heteroatoms. The number of non-ortho nitro benzene ring substituents is 1. The fourth-order valence-electron chi connectivity index (χ4n) is 2.46. The number of pyridine rings is 1.